The standard InChI is InChI=1S/C32H52N6/c1-22(2)32(35-23(3)4)27(8)37-31(13-10-20-34-28(9)33)26(7)36-30-18-16-29(17-19-30)15-14-25(6)38-21-11-12-24(38)5/h16-19,22,24,31-32,34-37H,3,6-15,20-21,33H2,1-2,4-5H3/t24?,31-,32?/m0/s1. The van der Waals surface area contributed by atoms with Crippen LogP contribution in [0.15, 0.2) is 85.8 Å². The Labute approximate surface area is 232 Å². The monoisotopic (exact) mass is 520 g/mol. The summed E-state index contributed by atoms with van der Waals surface area (Å²) in [4.78, 5) is 2.47. The van der Waals surface area contributed by atoms with Crippen molar-refractivity contribution in [1.29, 1.82) is 0 Å². The second kappa shape index (κ2) is 15.2. The van der Waals surface area contributed by atoms with Gasteiger partial charge in [0, 0.05) is 47.6 Å². The molecule has 1 fully saturated rings. The maximum Gasteiger partial charge on any atom is 0.0885 e. The third-order valence-electron chi connectivity index (χ3n) is 7.17. The van der Waals surface area contributed by atoms with Crippen LogP contribution < -0.4 is 27.0 Å². The van der Waals surface area contributed by atoms with Gasteiger partial charge in [0.15, 0.2) is 0 Å². The van der Waals surface area contributed by atoms with Gasteiger partial charge in [-0.15, -0.1) is 0 Å². The number of aryl methyl sites for hydroxylation is 1. The maximum absolute atomic E-state index is 5.67. The number of nitrogens with two attached hydrogens (primary N) is 1. The fourth-order valence-electron chi connectivity index (χ4n) is 4.99. The first-order chi connectivity index (χ1) is 18.0. The summed E-state index contributed by atoms with van der Waals surface area (Å²) in [6.45, 7) is 31.3. The Balaban J connectivity index is 1.99. The highest BCUT2D eigenvalue weighted by Crippen LogP contribution is 2.24. The second-order valence-electron chi connectivity index (χ2n) is 11.1. The van der Waals surface area contributed by atoms with Crippen LogP contribution in [0.5, 0.6) is 0 Å². The summed E-state index contributed by atoms with van der Waals surface area (Å²) in [5.41, 5.74) is 12.0. The van der Waals surface area contributed by atoms with Crippen molar-refractivity contribution in [2.24, 2.45) is 11.7 Å². The molecule has 6 N–H and O–H groups in total. The van der Waals surface area contributed by atoms with Crippen LogP contribution in [-0.2, 0) is 6.42 Å². The van der Waals surface area contributed by atoms with E-state index in [0.29, 0.717) is 17.8 Å². The Kier molecular flexibility index (Phi) is 12.4. The largest absolute Gasteiger partial charge is 0.386 e. The van der Waals surface area contributed by atoms with E-state index < -0.39 is 0 Å². The Hall–Kier alpha value is -3.28. The topological polar surface area (TPSA) is 77.4 Å². The Morgan fingerprint density at radius 3 is 2.29 bits per heavy atom. The summed E-state index contributed by atoms with van der Waals surface area (Å²) in [6, 6.07) is 9.34. The van der Waals surface area contributed by atoms with Gasteiger partial charge in [0.1, 0.15) is 0 Å². The molecule has 0 aliphatic carbocycles. The molecule has 38 heavy (non-hydrogen) atoms. The average Bonchev–Trinajstić information content (AvgIpc) is 3.29. The highest BCUT2D eigenvalue weighted by atomic mass is 15.2. The molecule has 0 amide bonds. The van der Waals surface area contributed by atoms with Crippen molar-refractivity contribution in [1.82, 2.24) is 20.9 Å². The number of hydrogen-bond donors (Lipinski definition) is 5. The molecule has 2 unspecified atom stereocenters. The zero-order valence-corrected chi connectivity index (χ0v) is 24.3. The Morgan fingerprint density at radius 2 is 1.74 bits per heavy atom. The molecule has 1 aliphatic heterocycles. The molecular weight excluding hydrogens is 468 g/mol. The predicted molar refractivity (Wildman–Crippen MR) is 165 cm³/mol. The lowest BCUT2D eigenvalue weighted by Gasteiger charge is -2.31. The molecule has 1 aliphatic rings. The minimum absolute atomic E-state index is 0.00559. The molecule has 3 atom stereocenters. The molecule has 1 saturated heterocycles. The van der Waals surface area contributed by atoms with Crippen LogP contribution in [0, 0.1) is 5.92 Å². The molecule has 1 heterocycles. The van der Waals surface area contributed by atoms with Gasteiger partial charge in [-0.25, -0.2) is 0 Å². The quantitative estimate of drug-likeness (QED) is 0.154. The number of allylic oxidation sites excluding steroid dienone is 2. The number of hydrogen-bond acceptors (Lipinski definition) is 6. The molecule has 1 aromatic carbocycles. The van der Waals surface area contributed by atoms with E-state index in [9.17, 15) is 0 Å². The zero-order chi connectivity index (χ0) is 28.2. The van der Waals surface area contributed by atoms with Gasteiger partial charge in [0.25, 0.3) is 0 Å². The van der Waals surface area contributed by atoms with Crippen LogP contribution in [0.1, 0.15) is 65.4 Å². The van der Waals surface area contributed by atoms with Gasteiger partial charge in [-0.2, -0.15) is 0 Å². The molecule has 2 rings (SSSR count). The molecule has 6 nitrogen and oxygen atoms in total. The highest BCUT2D eigenvalue weighted by Gasteiger charge is 2.22. The van der Waals surface area contributed by atoms with Crippen LogP contribution in [0.2, 0.25) is 0 Å². The van der Waals surface area contributed by atoms with Crippen molar-refractivity contribution in [3.8, 4) is 0 Å². The number of likely N-dealkylation sites (tertiary alicyclic amines) is 1. The van der Waals surface area contributed by atoms with Gasteiger partial charge in [-0.1, -0.05) is 58.9 Å². The van der Waals surface area contributed by atoms with E-state index in [2.05, 4.69) is 104 Å². The molecular formula is C32H52N6. The van der Waals surface area contributed by atoms with Crippen molar-refractivity contribution in [2.45, 2.75) is 84.3 Å². The van der Waals surface area contributed by atoms with Gasteiger partial charge < -0.3 is 31.9 Å². The average molecular weight is 521 g/mol. The molecule has 0 saturated carbocycles. The lowest BCUT2D eigenvalue weighted by atomic mass is 9.99. The van der Waals surface area contributed by atoms with Gasteiger partial charge in [0.2, 0.25) is 0 Å². The fourth-order valence-corrected chi connectivity index (χ4v) is 4.99. The van der Waals surface area contributed by atoms with Crippen molar-refractivity contribution < 1.29 is 0 Å². The SMILES string of the molecule is C=C(C)NC(C(=C)N[C@@H](CCCNC(=C)N)C(=C)Nc1ccc(CCC(=C)N2CCCC2C)cc1)C(C)C. The molecule has 0 spiro atoms. The van der Waals surface area contributed by atoms with E-state index in [0.717, 1.165) is 61.6 Å². The highest BCUT2D eigenvalue weighted by molar-refractivity contribution is 5.50. The Morgan fingerprint density at radius 1 is 1.05 bits per heavy atom. The van der Waals surface area contributed by atoms with Gasteiger partial charge in [0.05, 0.1) is 17.9 Å². The zero-order valence-electron chi connectivity index (χ0n) is 24.3. The van der Waals surface area contributed by atoms with Crippen molar-refractivity contribution in [3.05, 3.63) is 91.3 Å². The fraction of sp³-hybridized carbons (Fsp3) is 0.500. The number of benzene rings is 1. The van der Waals surface area contributed by atoms with Crippen LogP contribution in [-0.4, -0.2) is 36.1 Å². The van der Waals surface area contributed by atoms with E-state index in [-0.39, 0.29) is 12.1 Å². The first-order valence-electron chi connectivity index (χ1n) is 14.0. The summed E-state index contributed by atoms with van der Waals surface area (Å²) < 4.78 is 0. The first kappa shape index (κ1) is 30.9. The van der Waals surface area contributed by atoms with E-state index in [1.807, 2.05) is 6.92 Å². The molecule has 0 bridgehead atoms. The lowest BCUT2D eigenvalue weighted by Crippen LogP contribution is -2.43. The van der Waals surface area contributed by atoms with E-state index in [1.54, 1.807) is 0 Å². The van der Waals surface area contributed by atoms with Crippen LogP contribution in [0.4, 0.5) is 5.69 Å². The van der Waals surface area contributed by atoms with Crippen LogP contribution in [0.25, 0.3) is 0 Å². The van der Waals surface area contributed by atoms with Crippen molar-refractivity contribution >= 4 is 5.69 Å². The summed E-state index contributed by atoms with van der Waals surface area (Å²) in [5.74, 6) is 0.841. The van der Waals surface area contributed by atoms with Crippen molar-refractivity contribution in [2.75, 3.05) is 18.4 Å². The van der Waals surface area contributed by atoms with E-state index >= 15 is 0 Å². The lowest BCUT2D eigenvalue weighted by molar-refractivity contribution is 0.329. The van der Waals surface area contributed by atoms with Crippen LogP contribution >= 0.6 is 0 Å². The third-order valence-corrected chi connectivity index (χ3v) is 7.17. The molecule has 0 radical (unpaired) electrons. The summed E-state index contributed by atoms with van der Waals surface area (Å²) in [7, 11) is 0. The van der Waals surface area contributed by atoms with E-state index in [1.165, 1.54) is 24.1 Å². The molecule has 1 aromatic rings. The molecule has 6 heteroatoms. The number of anilines is 1. The van der Waals surface area contributed by atoms with Crippen LogP contribution in [0.3, 0.4) is 0 Å². The predicted octanol–water partition coefficient (Wildman–Crippen LogP) is 5.96. The smallest absolute Gasteiger partial charge is 0.0885 e. The van der Waals surface area contributed by atoms with Gasteiger partial charge in [-0.05, 0) is 76.0 Å². The third kappa shape index (κ3) is 10.2. The number of nitrogens with zero attached hydrogens (tertiary/aromatic N) is 1. The summed E-state index contributed by atoms with van der Waals surface area (Å²) in [5, 5.41) is 13.7. The summed E-state index contributed by atoms with van der Waals surface area (Å²) >= 11 is 0. The number of rotatable bonds is 18. The minimum Gasteiger partial charge on any atom is -0.386 e. The minimum atomic E-state index is -0.00559. The normalized spacial score (nSPS) is 16.4. The van der Waals surface area contributed by atoms with Crippen molar-refractivity contribution in [3.63, 3.8) is 0 Å². The van der Waals surface area contributed by atoms with E-state index in [4.69, 9.17) is 5.73 Å². The number of nitrogens with one attached hydrogen (secondary N) is 4. The summed E-state index contributed by atoms with van der Waals surface area (Å²) in [6.07, 6.45) is 6.30. The van der Waals surface area contributed by atoms with Gasteiger partial charge in [-0.3, -0.25) is 0 Å². The second-order valence-corrected chi connectivity index (χ2v) is 11.1. The molecule has 210 valence electrons. The Bertz CT molecular complexity index is 961. The molecule has 0 aromatic heterocycles. The first-order valence-corrected chi connectivity index (χ1v) is 14.0. The maximum atomic E-state index is 5.67. The van der Waals surface area contributed by atoms with Gasteiger partial charge >= 0.3 is 0 Å².